The number of aromatic nitrogens is 2. The van der Waals surface area contributed by atoms with Crippen LogP contribution in [0.2, 0.25) is 0 Å². The minimum Gasteiger partial charge on any atom is -0.493 e. The van der Waals surface area contributed by atoms with E-state index in [2.05, 4.69) is 9.97 Å². The lowest BCUT2D eigenvalue weighted by Crippen LogP contribution is -2.00. The van der Waals surface area contributed by atoms with Crippen LogP contribution in [-0.2, 0) is 6.61 Å². The number of para-hydroxylation sites is 3. The molecule has 0 fully saturated rings. The van der Waals surface area contributed by atoms with Crippen LogP contribution in [0.5, 0.6) is 11.5 Å². The van der Waals surface area contributed by atoms with Gasteiger partial charge >= 0.3 is 0 Å². The third-order valence-corrected chi connectivity index (χ3v) is 4.14. The van der Waals surface area contributed by atoms with Gasteiger partial charge in [0.1, 0.15) is 18.2 Å². The van der Waals surface area contributed by atoms with Crippen LogP contribution in [0.1, 0.15) is 5.56 Å². The Morgan fingerprint density at radius 3 is 2.54 bits per heavy atom. The summed E-state index contributed by atoms with van der Waals surface area (Å²) in [4.78, 5) is 7.96. The van der Waals surface area contributed by atoms with Crippen molar-refractivity contribution in [2.24, 2.45) is 0 Å². The zero-order chi connectivity index (χ0) is 17.9. The molecule has 3 aromatic carbocycles. The first kappa shape index (κ1) is 16.1. The lowest BCUT2D eigenvalue weighted by molar-refractivity contribution is 0.285. The van der Waals surface area contributed by atoms with Crippen LogP contribution < -0.4 is 9.47 Å². The molecule has 0 radical (unpaired) electrons. The predicted molar refractivity (Wildman–Crippen MR) is 98.8 cm³/mol. The van der Waals surface area contributed by atoms with E-state index in [9.17, 15) is 4.39 Å². The molecule has 1 N–H and O–H groups in total. The molecule has 1 heterocycles. The first-order valence-electron chi connectivity index (χ1n) is 8.24. The summed E-state index contributed by atoms with van der Waals surface area (Å²) in [6.07, 6.45) is 0. The summed E-state index contributed by atoms with van der Waals surface area (Å²) in [6.45, 7) is 0.299. The molecule has 5 heteroatoms. The summed E-state index contributed by atoms with van der Waals surface area (Å²) in [5, 5.41) is 0. The largest absolute Gasteiger partial charge is 0.493 e. The first-order valence-corrected chi connectivity index (χ1v) is 8.24. The van der Waals surface area contributed by atoms with Crippen molar-refractivity contribution in [3.63, 3.8) is 0 Å². The fourth-order valence-electron chi connectivity index (χ4n) is 2.83. The molecule has 0 bridgehead atoms. The Labute approximate surface area is 150 Å². The second kappa shape index (κ2) is 6.88. The number of halogens is 1. The molecule has 0 saturated heterocycles. The van der Waals surface area contributed by atoms with E-state index in [1.54, 1.807) is 19.2 Å². The number of benzene rings is 3. The highest BCUT2D eigenvalue weighted by molar-refractivity contribution is 5.81. The van der Waals surface area contributed by atoms with Crippen molar-refractivity contribution in [2.45, 2.75) is 6.61 Å². The second-order valence-corrected chi connectivity index (χ2v) is 5.85. The minimum absolute atomic E-state index is 0.269. The fourth-order valence-corrected chi connectivity index (χ4v) is 2.83. The van der Waals surface area contributed by atoms with E-state index in [4.69, 9.17) is 9.47 Å². The van der Waals surface area contributed by atoms with Crippen molar-refractivity contribution in [3.8, 4) is 22.9 Å². The van der Waals surface area contributed by atoms with Gasteiger partial charge in [-0.2, -0.15) is 0 Å². The highest BCUT2D eigenvalue weighted by Crippen LogP contribution is 2.38. The van der Waals surface area contributed by atoms with Crippen LogP contribution in [0, 0.1) is 5.82 Å². The molecule has 4 rings (SSSR count). The Hall–Kier alpha value is -3.34. The molecule has 26 heavy (non-hydrogen) atoms. The summed E-state index contributed by atoms with van der Waals surface area (Å²) < 4.78 is 24.6. The molecule has 0 spiro atoms. The second-order valence-electron chi connectivity index (χ2n) is 5.85. The molecular weight excluding hydrogens is 331 g/mol. The molecular formula is C21H17FN2O2. The Bertz CT molecular complexity index is 1010. The zero-order valence-electron chi connectivity index (χ0n) is 14.2. The Balaban J connectivity index is 1.71. The molecule has 0 aliphatic rings. The van der Waals surface area contributed by atoms with Crippen LogP contribution in [0.15, 0.2) is 66.7 Å². The third-order valence-electron chi connectivity index (χ3n) is 4.14. The maximum atomic E-state index is 13.1. The van der Waals surface area contributed by atoms with Crippen LogP contribution in [0.4, 0.5) is 4.39 Å². The summed E-state index contributed by atoms with van der Waals surface area (Å²) in [6, 6.07) is 19.7. The van der Waals surface area contributed by atoms with Crippen molar-refractivity contribution in [2.75, 3.05) is 7.11 Å². The molecule has 0 aliphatic heterocycles. The predicted octanol–water partition coefficient (Wildman–Crippen LogP) is 4.96. The maximum Gasteiger partial charge on any atom is 0.172 e. The van der Waals surface area contributed by atoms with E-state index in [-0.39, 0.29) is 5.82 Å². The van der Waals surface area contributed by atoms with E-state index >= 15 is 0 Å². The summed E-state index contributed by atoms with van der Waals surface area (Å²) in [5.41, 5.74) is 3.51. The molecule has 0 amide bonds. The highest BCUT2D eigenvalue weighted by atomic mass is 19.1. The van der Waals surface area contributed by atoms with Gasteiger partial charge in [-0.1, -0.05) is 30.3 Å². The van der Waals surface area contributed by atoms with Crippen molar-refractivity contribution in [3.05, 3.63) is 78.1 Å². The number of methoxy groups -OCH3 is 1. The van der Waals surface area contributed by atoms with Crippen molar-refractivity contribution in [1.82, 2.24) is 9.97 Å². The standard InChI is InChI=1S/C21H17FN2O2/c1-25-19-8-4-5-16(21-23-17-6-2-3-7-18(17)24-21)20(19)26-13-14-9-11-15(22)12-10-14/h2-12H,13H2,1H3,(H,23,24). The van der Waals surface area contributed by atoms with Gasteiger partial charge in [0.2, 0.25) is 0 Å². The number of H-pyrrole nitrogens is 1. The van der Waals surface area contributed by atoms with E-state index in [0.717, 1.165) is 22.2 Å². The van der Waals surface area contributed by atoms with Gasteiger partial charge < -0.3 is 14.5 Å². The third kappa shape index (κ3) is 3.11. The Morgan fingerprint density at radius 1 is 0.962 bits per heavy atom. The summed E-state index contributed by atoms with van der Waals surface area (Å²) in [5.74, 6) is 1.65. The Kier molecular flexibility index (Phi) is 4.27. The quantitative estimate of drug-likeness (QED) is 0.555. The normalized spacial score (nSPS) is 10.8. The van der Waals surface area contributed by atoms with Crippen molar-refractivity contribution in [1.29, 1.82) is 0 Å². The molecule has 0 unspecified atom stereocenters. The molecule has 4 nitrogen and oxygen atoms in total. The molecule has 0 saturated carbocycles. The maximum absolute atomic E-state index is 13.1. The Morgan fingerprint density at radius 2 is 1.77 bits per heavy atom. The topological polar surface area (TPSA) is 47.1 Å². The summed E-state index contributed by atoms with van der Waals surface area (Å²) in [7, 11) is 1.60. The van der Waals surface area contributed by atoms with Gasteiger partial charge in [0.15, 0.2) is 11.5 Å². The fraction of sp³-hybridized carbons (Fsp3) is 0.0952. The van der Waals surface area contributed by atoms with E-state index < -0.39 is 0 Å². The lowest BCUT2D eigenvalue weighted by Gasteiger charge is -2.14. The SMILES string of the molecule is COc1cccc(-c2nc3ccccc3[nH]2)c1OCc1ccc(F)cc1. The summed E-state index contributed by atoms with van der Waals surface area (Å²) >= 11 is 0. The smallest absolute Gasteiger partial charge is 0.172 e. The number of imidazole rings is 1. The first-order chi connectivity index (χ1) is 12.7. The average Bonchev–Trinajstić information content (AvgIpc) is 3.11. The molecule has 130 valence electrons. The van der Waals surface area contributed by atoms with Gasteiger partial charge in [0.25, 0.3) is 0 Å². The number of ether oxygens (including phenoxy) is 2. The number of aromatic amines is 1. The number of nitrogens with one attached hydrogen (secondary N) is 1. The molecule has 1 aromatic heterocycles. The number of rotatable bonds is 5. The van der Waals surface area contributed by atoms with Gasteiger partial charge in [-0.25, -0.2) is 9.37 Å². The zero-order valence-corrected chi connectivity index (χ0v) is 14.2. The number of fused-ring (bicyclic) bond motifs is 1. The van der Waals surface area contributed by atoms with Crippen LogP contribution in [-0.4, -0.2) is 17.1 Å². The van der Waals surface area contributed by atoms with Gasteiger partial charge in [-0.3, -0.25) is 0 Å². The van der Waals surface area contributed by atoms with E-state index in [0.29, 0.717) is 23.9 Å². The minimum atomic E-state index is -0.269. The van der Waals surface area contributed by atoms with E-state index in [1.807, 2.05) is 42.5 Å². The van der Waals surface area contributed by atoms with Gasteiger partial charge in [0.05, 0.1) is 23.7 Å². The van der Waals surface area contributed by atoms with E-state index in [1.165, 1.54) is 12.1 Å². The molecule has 0 aliphatic carbocycles. The van der Waals surface area contributed by atoms with Crippen LogP contribution in [0.25, 0.3) is 22.4 Å². The number of nitrogens with zero attached hydrogens (tertiary/aromatic N) is 1. The molecule has 4 aromatic rings. The van der Waals surface area contributed by atoms with Gasteiger partial charge in [-0.05, 0) is 42.0 Å². The monoisotopic (exact) mass is 348 g/mol. The van der Waals surface area contributed by atoms with Gasteiger partial charge in [0, 0.05) is 0 Å². The number of hydrogen-bond acceptors (Lipinski definition) is 3. The lowest BCUT2D eigenvalue weighted by atomic mass is 10.1. The van der Waals surface area contributed by atoms with Crippen LogP contribution in [0.3, 0.4) is 0 Å². The molecule has 0 atom stereocenters. The number of hydrogen-bond donors (Lipinski definition) is 1. The van der Waals surface area contributed by atoms with Crippen LogP contribution >= 0.6 is 0 Å². The van der Waals surface area contributed by atoms with Crippen molar-refractivity contribution < 1.29 is 13.9 Å². The van der Waals surface area contributed by atoms with Crippen molar-refractivity contribution >= 4 is 11.0 Å². The average molecular weight is 348 g/mol. The highest BCUT2D eigenvalue weighted by Gasteiger charge is 2.16. The van der Waals surface area contributed by atoms with Gasteiger partial charge in [-0.15, -0.1) is 0 Å².